The summed E-state index contributed by atoms with van der Waals surface area (Å²) in [5, 5.41) is 0. The Morgan fingerprint density at radius 3 is 2.55 bits per heavy atom. The van der Waals surface area contributed by atoms with Gasteiger partial charge in [0.05, 0.1) is 0 Å². The highest BCUT2D eigenvalue weighted by Gasteiger charge is 2.44. The zero-order valence-corrected chi connectivity index (χ0v) is 12.0. The van der Waals surface area contributed by atoms with Crippen molar-refractivity contribution in [1.82, 2.24) is 15.4 Å². The van der Waals surface area contributed by atoms with Gasteiger partial charge >= 0.3 is 0 Å². The van der Waals surface area contributed by atoms with E-state index < -0.39 is 0 Å². The molecule has 0 bridgehead atoms. The first kappa shape index (κ1) is 14.3. The van der Waals surface area contributed by atoms with E-state index in [9.17, 15) is 14.0 Å². The molecule has 2 N–H and O–H groups in total. The predicted molar refractivity (Wildman–Crippen MR) is 78.3 cm³/mol. The minimum absolute atomic E-state index is 0.0903. The number of nitrogens with one attached hydrogen (secondary N) is 2. The normalized spacial score (nSPS) is 19.5. The average Bonchev–Trinajstić information content (AvgIpc) is 3.19. The third kappa shape index (κ3) is 2.86. The summed E-state index contributed by atoms with van der Waals surface area (Å²) in [4.78, 5) is 23.9. The van der Waals surface area contributed by atoms with Gasteiger partial charge in [0.2, 0.25) is 5.91 Å². The van der Waals surface area contributed by atoms with E-state index in [0.717, 1.165) is 5.56 Å². The molecule has 114 valence electrons. The van der Waals surface area contributed by atoms with Gasteiger partial charge < -0.3 is 4.57 Å². The Labute approximate surface area is 127 Å². The maximum atomic E-state index is 12.9. The van der Waals surface area contributed by atoms with Crippen LogP contribution in [-0.4, -0.2) is 16.4 Å². The van der Waals surface area contributed by atoms with E-state index in [1.165, 1.54) is 12.1 Å². The van der Waals surface area contributed by atoms with E-state index in [4.69, 9.17) is 0 Å². The number of carbonyl (C=O) groups excluding carboxylic acids is 2. The maximum absolute atomic E-state index is 12.9. The van der Waals surface area contributed by atoms with E-state index >= 15 is 0 Å². The van der Waals surface area contributed by atoms with Gasteiger partial charge in [0, 0.05) is 19.2 Å². The fourth-order valence-corrected chi connectivity index (χ4v) is 2.54. The summed E-state index contributed by atoms with van der Waals surface area (Å²) in [7, 11) is 1.75. The molecule has 1 aliphatic rings. The lowest BCUT2D eigenvalue weighted by Crippen LogP contribution is -2.43. The highest BCUT2D eigenvalue weighted by molar-refractivity contribution is 5.94. The van der Waals surface area contributed by atoms with Gasteiger partial charge in [0.1, 0.15) is 11.5 Å². The monoisotopic (exact) mass is 301 g/mol. The molecule has 1 aromatic carbocycles. The van der Waals surface area contributed by atoms with Crippen LogP contribution in [0, 0.1) is 11.7 Å². The molecule has 1 fully saturated rings. The number of amides is 2. The van der Waals surface area contributed by atoms with Crippen molar-refractivity contribution >= 4 is 11.8 Å². The molecule has 5 nitrogen and oxygen atoms in total. The highest BCUT2D eigenvalue weighted by Crippen LogP contribution is 2.47. The van der Waals surface area contributed by atoms with Crippen LogP contribution >= 0.6 is 0 Å². The van der Waals surface area contributed by atoms with Crippen molar-refractivity contribution in [3.8, 4) is 0 Å². The fourth-order valence-electron chi connectivity index (χ4n) is 2.54. The third-order valence-corrected chi connectivity index (χ3v) is 3.90. The second-order valence-corrected chi connectivity index (χ2v) is 5.45. The van der Waals surface area contributed by atoms with Crippen molar-refractivity contribution in [2.75, 3.05) is 0 Å². The van der Waals surface area contributed by atoms with Crippen LogP contribution < -0.4 is 10.9 Å². The Hall–Kier alpha value is -2.63. The van der Waals surface area contributed by atoms with Gasteiger partial charge in [-0.15, -0.1) is 0 Å². The lowest BCUT2D eigenvalue weighted by molar-refractivity contribution is -0.123. The number of rotatable bonds is 3. The van der Waals surface area contributed by atoms with Gasteiger partial charge in [0.25, 0.3) is 5.91 Å². The summed E-state index contributed by atoms with van der Waals surface area (Å²) in [5.74, 6) is -0.969. The fraction of sp³-hybridized carbons (Fsp3) is 0.250. The number of nitrogens with zero attached hydrogens (tertiary/aromatic N) is 1. The molecule has 6 heteroatoms. The van der Waals surface area contributed by atoms with Crippen LogP contribution in [0.1, 0.15) is 28.4 Å². The van der Waals surface area contributed by atoms with Gasteiger partial charge in [-0.05, 0) is 42.2 Å². The molecule has 0 spiro atoms. The van der Waals surface area contributed by atoms with E-state index in [1.807, 2.05) is 0 Å². The van der Waals surface area contributed by atoms with Crippen molar-refractivity contribution in [1.29, 1.82) is 0 Å². The van der Waals surface area contributed by atoms with Crippen LogP contribution in [0.5, 0.6) is 0 Å². The van der Waals surface area contributed by atoms with Crippen LogP contribution in [0.15, 0.2) is 42.6 Å². The first-order chi connectivity index (χ1) is 10.6. The van der Waals surface area contributed by atoms with Gasteiger partial charge in [-0.3, -0.25) is 20.4 Å². The van der Waals surface area contributed by atoms with Gasteiger partial charge in [-0.2, -0.15) is 0 Å². The number of aryl methyl sites for hydroxylation is 1. The molecule has 22 heavy (non-hydrogen) atoms. The second kappa shape index (κ2) is 5.63. The molecule has 2 atom stereocenters. The van der Waals surface area contributed by atoms with Crippen molar-refractivity contribution in [3.63, 3.8) is 0 Å². The van der Waals surface area contributed by atoms with Crippen LogP contribution in [0.2, 0.25) is 0 Å². The predicted octanol–water partition coefficient (Wildman–Crippen LogP) is 1.73. The van der Waals surface area contributed by atoms with E-state index in [0.29, 0.717) is 12.1 Å². The molecular weight excluding hydrogens is 285 g/mol. The lowest BCUT2D eigenvalue weighted by Gasteiger charge is -2.08. The number of hydrazine groups is 1. The maximum Gasteiger partial charge on any atom is 0.286 e. The van der Waals surface area contributed by atoms with Crippen LogP contribution in [-0.2, 0) is 11.8 Å². The molecule has 1 heterocycles. The van der Waals surface area contributed by atoms with E-state index in [-0.39, 0.29) is 29.5 Å². The molecular formula is C16H16FN3O2. The number of hydrogen-bond donors (Lipinski definition) is 2. The number of benzene rings is 1. The second-order valence-electron chi connectivity index (χ2n) is 5.45. The van der Waals surface area contributed by atoms with Crippen molar-refractivity contribution in [3.05, 3.63) is 59.7 Å². The summed E-state index contributed by atoms with van der Waals surface area (Å²) in [6.45, 7) is 0. The Morgan fingerprint density at radius 2 is 1.91 bits per heavy atom. The first-order valence-corrected chi connectivity index (χ1v) is 7.03. The van der Waals surface area contributed by atoms with Gasteiger partial charge in [-0.25, -0.2) is 4.39 Å². The van der Waals surface area contributed by atoms with Crippen molar-refractivity contribution < 1.29 is 14.0 Å². The first-order valence-electron chi connectivity index (χ1n) is 7.03. The summed E-state index contributed by atoms with van der Waals surface area (Å²) in [5.41, 5.74) is 6.26. The molecule has 0 saturated heterocycles. The summed E-state index contributed by atoms with van der Waals surface area (Å²) >= 11 is 0. The minimum atomic E-state index is -0.361. The SMILES string of the molecule is Cn1cccc1C(=O)NNC(=O)C1CC1c1ccc(F)cc1. The smallest absolute Gasteiger partial charge is 0.286 e. The van der Waals surface area contributed by atoms with Crippen molar-refractivity contribution in [2.45, 2.75) is 12.3 Å². The number of aromatic nitrogens is 1. The molecule has 2 unspecified atom stereocenters. The Bertz CT molecular complexity index is 708. The molecule has 1 aromatic heterocycles. The van der Waals surface area contributed by atoms with Gasteiger partial charge in [0.15, 0.2) is 0 Å². The highest BCUT2D eigenvalue weighted by atomic mass is 19.1. The number of halogens is 1. The average molecular weight is 301 g/mol. The molecule has 2 aromatic rings. The summed E-state index contributed by atoms with van der Waals surface area (Å²) in [6, 6.07) is 9.58. The lowest BCUT2D eigenvalue weighted by atomic mass is 10.1. The van der Waals surface area contributed by atoms with Crippen LogP contribution in [0.25, 0.3) is 0 Å². The summed E-state index contributed by atoms with van der Waals surface area (Å²) in [6.07, 6.45) is 2.46. The number of carbonyl (C=O) groups is 2. The molecule has 2 amide bonds. The molecule has 0 radical (unpaired) electrons. The molecule has 1 saturated carbocycles. The zero-order chi connectivity index (χ0) is 15.7. The molecule has 3 rings (SSSR count). The Kier molecular flexibility index (Phi) is 3.66. The Balaban J connectivity index is 1.53. The largest absolute Gasteiger partial charge is 0.347 e. The number of hydrogen-bond acceptors (Lipinski definition) is 2. The molecule has 0 aliphatic heterocycles. The van der Waals surface area contributed by atoms with Crippen molar-refractivity contribution in [2.24, 2.45) is 13.0 Å². The van der Waals surface area contributed by atoms with Gasteiger partial charge in [-0.1, -0.05) is 12.1 Å². The van der Waals surface area contributed by atoms with E-state index in [2.05, 4.69) is 10.9 Å². The standard InChI is InChI=1S/C16H16FN3O2/c1-20-8-2-3-14(20)16(22)19-18-15(21)13-9-12(13)10-4-6-11(17)7-5-10/h2-8,12-13H,9H2,1H3,(H,18,21)(H,19,22). The van der Waals surface area contributed by atoms with Crippen LogP contribution in [0.3, 0.4) is 0 Å². The zero-order valence-electron chi connectivity index (χ0n) is 12.0. The third-order valence-electron chi connectivity index (χ3n) is 3.90. The quantitative estimate of drug-likeness (QED) is 0.848. The Morgan fingerprint density at radius 1 is 1.18 bits per heavy atom. The minimum Gasteiger partial charge on any atom is -0.347 e. The molecule has 1 aliphatic carbocycles. The topological polar surface area (TPSA) is 63.1 Å². The van der Waals surface area contributed by atoms with E-state index in [1.54, 1.807) is 42.1 Å². The van der Waals surface area contributed by atoms with Crippen LogP contribution in [0.4, 0.5) is 4.39 Å². The summed E-state index contributed by atoms with van der Waals surface area (Å²) < 4.78 is 14.5.